The van der Waals surface area contributed by atoms with E-state index in [1.165, 1.54) is 80.1 Å². The number of anilines is 4. The minimum absolute atomic E-state index is 0.0912. The number of allylic oxidation sites excluding steroid dienone is 1. The number of rotatable bonds is 6. The standard InChI is InChI=1S/C50H34N2S2/c1-4-14-33(15-5-1)34-24-26-37(27-25-34)51(48-32-47-46(54-48)31-45(53-47)35-16-6-2-7-17-35)38-28-29-43-44(30-38)52(36-18-8-3-9-19-36)50-42-23-13-11-21-40(42)39-20-10-12-22-41(39)49(43)50/h1-32,43-44H. The first-order chi connectivity index (χ1) is 26.8. The number of para-hydroxylation sites is 1. The molecular formula is C50H34N2S2. The fourth-order valence-corrected chi connectivity index (χ4v) is 11.0. The predicted molar refractivity (Wildman–Crippen MR) is 233 cm³/mol. The Morgan fingerprint density at radius 2 is 1.07 bits per heavy atom. The maximum Gasteiger partial charge on any atom is 0.102 e. The summed E-state index contributed by atoms with van der Waals surface area (Å²) < 4.78 is 2.63. The van der Waals surface area contributed by atoms with Crippen LogP contribution in [-0.4, -0.2) is 6.04 Å². The van der Waals surface area contributed by atoms with Gasteiger partial charge in [0.05, 0.1) is 11.7 Å². The van der Waals surface area contributed by atoms with Gasteiger partial charge in [0.1, 0.15) is 5.00 Å². The summed E-state index contributed by atoms with van der Waals surface area (Å²) in [6.07, 6.45) is 7.37. The van der Waals surface area contributed by atoms with Crippen LogP contribution in [0, 0.1) is 0 Å². The highest BCUT2D eigenvalue weighted by atomic mass is 32.1. The maximum absolute atomic E-state index is 2.61. The van der Waals surface area contributed by atoms with Crippen LogP contribution in [0.1, 0.15) is 11.5 Å². The average molecular weight is 727 g/mol. The van der Waals surface area contributed by atoms with Crippen LogP contribution in [-0.2, 0) is 0 Å². The van der Waals surface area contributed by atoms with Crippen LogP contribution in [0.5, 0.6) is 0 Å². The Morgan fingerprint density at radius 3 is 1.78 bits per heavy atom. The van der Waals surface area contributed by atoms with E-state index in [-0.39, 0.29) is 12.0 Å². The second-order valence-corrected chi connectivity index (χ2v) is 16.2. The molecule has 2 aliphatic rings. The molecule has 1 aliphatic carbocycles. The van der Waals surface area contributed by atoms with Crippen molar-refractivity contribution in [1.29, 1.82) is 0 Å². The monoisotopic (exact) mass is 726 g/mol. The first kappa shape index (κ1) is 31.3. The van der Waals surface area contributed by atoms with Gasteiger partial charge in [-0.25, -0.2) is 0 Å². The summed E-state index contributed by atoms with van der Waals surface area (Å²) in [5.74, 6) is 0.195. The lowest BCUT2D eigenvalue weighted by Gasteiger charge is -2.33. The van der Waals surface area contributed by atoms with Gasteiger partial charge < -0.3 is 9.80 Å². The first-order valence-electron chi connectivity index (χ1n) is 18.5. The van der Waals surface area contributed by atoms with Crippen LogP contribution in [0.25, 0.3) is 52.5 Å². The largest absolute Gasteiger partial charge is 0.333 e. The van der Waals surface area contributed by atoms with Crippen LogP contribution < -0.4 is 9.80 Å². The summed E-state index contributed by atoms with van der Waals surface area (Å²) in [6, 6.07) is 64.2. The fourth-order valence-electron chi connectivity index (χ4n) is 8.60. The number of hydrogen-bond donors (Lipinski definition) is 0. The van der Waals surface area contributed by atoms with Gasteiger partial charge in [-0.3, -0.25) is 0 Å². The number of hydrogen-bond acceptors (Lipinski definition) is 4. The van der Waals surface area contributed by atoms with Crippen LogP contribution >= 0.6 is 22.7 Å². The second kappa shape index (κ2) is 12.7. The van der Waals surface area contributed by atoms with Crippen molar-refractivity contribution in [2.75, 3.05) is 9.80 Å². The van der Waals surface area contributed by atoms with E-state index in [1.807, 2.05) is 22.7 Å². The highest BCUT2D eigenvalue weighted by molar-refractivity contribution is 7.31. The Balaban J connectivity index is 1.09. The maximum atomic E-state index is 2.61. The highest BCUT2D eigenvalue weighted by Gasteiger charge is 2.41. The number of nitrogens with zero attached hydrogens (tertiary/aromatic N) is 2. The molecule has 2 atom stereocenters. The fraction of sp³-hybridized carbons (Fsp3) is 0.0400. The Hall–Kier alpha value is -6.20. The lowest BCUT2D eigenvalue weighted by molar-refractivity contribution is 0.738. The molecule has 0 amide bonds. The molecule has 11 rings (SSSR count). The molecule has 0 saturated carbocycles. The Labute approximate surface area is 322 Å². The number of fused-ring (bicyclic) bond motifs is 9. The molecule has 0 radical (unpaired) electrons. The molecule has 4 heteroatoms. The minimum atomic E-state index is 0.0912. The molecule has 9 aromatic rings. The van der Waals surface area contributed by atoms with Gasteiger partial charge in [0.25, 0.3) is 0 Å². The topological polar surface area (TPSA) is 6.48 Å². The normalized spacial score (nSPS) is 16.1. The van der Waals surface area contributed by atoms with Gasteiger partial charge >= 0.3 is 0 Å². The van der Waals surface area contributed by atoms with Crippen LogP contribution in [0.2, 0.25) is 0 Å². The molecule has 2 unspecified atom stereocenters. The highest BCUT2D eigenvalue weighted by Crippen LogP contribution is 2.55. The third-order valence-corrected chi connectivity index (χ3v) is 13.3. The quantitative estimate of drug-likeness (QED) is 0.157. The average Bonchev–Trinajstić information content (AvgIpc) is 3.93. The molecular weight excluding hydrogens is 693 g/mol. The molecule has 0 saturated heterocycles. The molecule has 0 bridgehead atoms. The molecule has 256 valence electrons. The van der Waals surface area contributed by atoms with E-state index < -0.39 is 0 Å². The predicted octanol–water partition coefficient (Wildman–Crippen LogP) is 14.5. The number of benzene rings is 7. The van der Waals surface area contributed by atoms with Gasteiger partial charge in [-0.1, -0.05) is 146 Å². The zero-order valence-electron chi connectivity index (χ0n) is 29.3. The van der Waals surface area contributed by atoms with Crippen LogP contribution in [0.3, 0.4) is 0 Å². The minimum Gasteiger partial charge on any atom is -0.333 e. The number of thiophene rings is 2. The van der Waals surface area contributed by atoms with Gasteiger partial charge in [0.15, 0.2) is 0 Å². The summed E-state index contributed by atoms with van der Waals surface area (Å²) >= 11 is 3.75. The second-order valence-electron chi connectivity index (χ2n) is 14.1. The van der Waals surface area contributed by atoms with E-state index in [9.17, 15) is 0 Å². The third-order valence-electron chi connectivity index (χ3n) is 11.0. The van der Waals surface area contributed by atoms with Crippen LogP contribution in [0.15, 0.2) is 200 Å². The molecule has 3 heterocycles. The van der Waals surface area contributed by atoms with E-state index in [0.29, 0.717) is 0 Å². The van der Waals surface area contributed by atoms with Crippen molar-refractivity contribution < 1.29 is 0 Å². The van der Waals surface area contributed by atoms with Crippen molar-refractivity contribution in [2.24, 2.45) is 0 Å². The van der Waals surface area contributed by atoms with Gasteiger partial charge in [0.2, 0.25) is 0 Å². The van der Waals surface area contributed by atoms with Gasteiger partial charge in [-0.2, -0.15) is 0 Å². The van der Waals surface area contributed by atoms with Crippen molar-refractivity contribution >= 4 is 75.7 Å². The van der Waals surface area contributed by atoms with Crippen molar-refractivity contribution in [3.05, 3.63) is 205 Å². The SMILES string of the molecule is C1=CC2c3c(c4ccccc4c4ccccc34)N(c3ccccc3)C2C=C1N(c1ccc(-c2ccccc2)cc1)c1cc2sc(-c3ccccc3)cc2s1. The van der Waals surface area contributed by atoms with Gasteiger partial charge in [-0.15, -0.1) is 22.7 Å². The molecule has 1 aliphatic heterocycles. The molecule has 0 spiro atoms. The van der Waals surface area contributed by atoms with Crippen LogP contribution in [0.4, 0.5) is 22.1 Å². The summed E-state index contributed by atoms with van der Waals surface area (Å²) in [4.78, 5) is 6.39. The summed E-state index contributed by atoms with van der Waals surface area (Å²) in [6.45, 7) is 0. The van der Waals surface area contributed by atoms with Crippen molar-refractivity contribution in [3.8, 4) is 21.6 Å². The molecule has 0 N–H and O–H groups in total. The Kier molecular flexibility index (Phi) is 7.39. The lowest BCUT2D eigenvalue weighted by Crippen LogP contribution is -2.31. The van der Waals surface area contributed by atoms with Crippen molar-refractivity contribution in [2.45, 2.75) is 12.0 Å². The molecule has 54 heavy (non-hydrogen) atoms. The molecule has 2 nitrogen and oxygen atoms in total. The smallest absolute Gasteiger partial charge is 0.102 e. The molecule has 0 fully saturated rings. The summed E-state index contributed by atoms with van der Waals surface area (Å²) in [7, 11) is 0. The lowest BCUT2D eigenvalue weighted by atomic mass is 9.85. The Bertz CT molecular complexity index is 2850. The van der Waals surface area contributed by atoms with Gasteiger partial charge in [0, 0.05) is 42.7 Å². The zero-order valence-corrected chi connectivity index (χ0v) is 31.0. The van der Waals surface area contributed by atoms with E-state index in [2.05, 4.69) is 204 Å². The zero-order chi connectivity index (χ0) is 35.6. The summed E-state index contributed by atoms with van der Waals surface area (Å²) in [5.41, 5.74) is 9.98. The third kappa shape index (κ3) is 5.06. The van der Waals surface area contributed by atoms with E-state index >= 15 is 0 Å². The van der Waals surface area contributed by atoms with Gasteiger partial charge in [-0.05, 0) is 87.0 Å². The van der Waals surface area contributed by atoms with Crippen molar-refractivity contribution in [1.82, 2.24) is 0 Å². The van der Waals surface area contributed by atoms with E-state index in [1.54, 1.807) is 0 Å². The first-order valence-corrected chi connectivity index (χ1v) is 20.1. The molecule has 2 aromatic heterocycles. The van der Waals surface area contributed by atoms with E-state index in [4.69, 9.17) is 0 Å². The Morgan fingerprint density at radius 1 is 0.500 bits per heavy atom. The van der Waals surface area contributed by atoms with E-state index in [0.717, 1.165) is 5.69 Å². The molecule has 7 aromatic carbocycles. The summed E-state index contributed by atoms with van der Waals surface area (Å²) in [5, 5.41) is 6.47. The van der Waals surface area contributed by atoms with Crippen molar-refractivity contribution in [3.63, 3.8) is 0 Å².